The molecule has 0 aliphatic rings. The summed E-state index contributed by atoms with van der Waals surface area (Å²) in [5.74, 6) is 0.472. The van der Waals surface area contributed by atoms with Gasteiger partial charge in [-0.1, -0.05) is 44.2 Å². The Hall–Kier alpha value is -1.61. The first-order valence-electron chi connectivity index (χ1n) is 8.11. The van der Waals surface area contributed by atoms with E-state index in [2.05, 4.69) is 72.3 Å². The molecule has 2 aromatic rings. The Labute approximate surface area is 128 Å². The Bertz CT molecular complexity index is 518. The van der Waals surface area contributed by atoms with E-state index in [4.69, 9.17) is 0 Å². The van der Waals surface area contributed by atoms with E-state index in [9.17, 15) is 0 Å². The molecule has 0 bridgehead atoms. The van der Waals surface area contributed by atoms with Crippen molar-refractivity contribution >= 4 is 0 Å². The van der Waals surface area contributed by atoms with Crippen LogP contribution in [0.25, 0.3) is 0 Å². The lowest BCUT2D eigenvalue weighted by Crippen LogP contribution is -2.30. The molecule has 0 amide bonds. The zero-order valence-corrected chi connectivity index (χ0v) is 13.4. The number of aryl methyl sites for hydroxylation is 1. The summed E-state index contributed by atoms with van der Waals surface area (Å²) in [6.07, 6.45) is 4.17. The molecule has 3 nitrogen and oxygen atoms in total. The minimum atomic E-state index is 0.319. The zero-order chi connectivity index (χ0) is 15.1. The Morgan fingerprint density at radius 2 is 1.86 bits per heavy atom. The molecule has 0 saturated heterocycles. The fraction of sp³-hybridized carbons (Fsp3) is 0.500. The molecule has 1 aromatic heterocycles. The molecule has 1 aromatic carbocycles. The molecule has 2 rings (SSSR count). The Morgan fingerprint density at radius 3 is 2.48 bits per heavy atom. The molecular formula is C18H27N3. The van der Waals surface area contributed by atoms with E-state index in [1.165, 1.54) is 11.3 Å². The quantitative estimate of drug-likeness (QED) is 0.790. The van der Waals surface area contributed by atoms with Crippen LogP contribution in [0, 0.1) is 0 Å². The van der Waals surface area contributed by atoms with Crippen LogP contribution >= 0.6 is 0 Å². The van der Waals surface area contributed by atoms with Crippen molar-refractivity contribution in [1.82, 2.24) is 15.1 Å². The van der Waals surface area contributed by atoms with Crippen molar-refractivity contribution < 1.29 is 0 Å². The smallest absolute Gasteiger partial charge is 0.0561 e. The minimum Gasteiger partial charge on any atom is -0.308 e. The third-order valence-electron chi connectivity index (χ3n) is 4.05. The van der Waals surface area contributed by atoms with Gasteiger partial charge in [0.25, 0.3) is 0 Å². The summed E-state index contributed by atoms with van der Waals surface area (Å²) in [7, 11) is 0. The van der Waals surface area contributed by atoms with Crippen LogP contribution in [0.1, 0.15) is 56.8 Å². The summed E-state index contributed by atoms with van der Waals surface area (Å²) in [4.78, 5) is 0. The van der Waals surface area contributed by atoms with Crippen LogP contribution in [-0.4, -0.2) is 16.3 Å². The largest absolute Gasteiger partial charge is 0.308 e. The lowest BCUT2D eigenvalue weighted by molar-refractivity contribution is 0.405. The summed E-state index contributed by atoms with van der Waals surface area (Å²) in [6.45, 7) is 8.58. The van der Waals surface area contributed by atoms with Crippen molar-refractivity contribution in [2.24, 2.45) is 0 Å². The average molecular weight is 285 g/mol. The second-order valence-corrected chi connectivity index (χ2v) is 5.43. The van der Waals surface area contributed by atoms with Crippen LogP contribution in [0.2, 0.25) is 0 Å². The average Bonchev–Trinajstić information content (AvgIpc) is 3.00. The monoisotopic (exact) mass is 285 g/mol. The molecule has 3 heteroatoms. The minimum absolute atomic E-state index is 0.319. The predicted molar refractivity (Wildman–Crippen MR) is 88.4 cm³/mol. The van der Waals surface area contributed by atoms with E-state index in [1.54, 1.807) is 0 Å². The maximum absolute atomic E-state index is 4.45. The molecule has 1 heterocycles. The van der Waals surface area contributed by atoms with Gasteiger partial charge in [0.2, 0.25) is 0 Å². The highest BCUT2D eigenvalue weighted by Crippen LogP contribution is 2.33. The van der Waals surface area contributed by atoms with Crippen molar-refractivity contribution in [3.05, 3.63) is 53.9 Å². The number of nitrogens with one attached hydrogen (secondary N) is 1. The summed E-state index contributed by atoms with van der Waals surface area (Å²) < 4.78 is 2.11. The van der Waals surface area contributed by atoms with Gasteiger partial charge >= 0.3 is 0 Å². The molecular weight excluding hydrogens is 258 g/mol. The first-order valence-corrected chi connectivity index (χ1v) is 8.11. The van der Waals surface area contributed by atoms with Crippen LogP contribution in [-0.2, 0) is 6.54 Å². The first-order chi connectivity index (χ1) is 10.3. The number of rotatable bonds is 8. The van der Waals surface area contributed by atoms with Gasteiger partial charge in [-0.15, -0.1) is 0 Å². The predicted octanol–water partition coefficient (Wildman–Crippen LogP) is 4.14. The van der Waals surface area contributed by atoms with Crippen LogP contribution in [0.4, 0.5) is 0 Å². The summed E-state index contributed by atoms with van der Waals surface area (Å²) in [5.41, 5.74) is 2.69. The number of aromatic nitrogens is 2. The highest BCUT2D eigenvalue weighted by Gasteiger charge is 2.25. The fourth-order valence-electron chi connectivity index (χ4n) is 2.99. The number of benzene rings is 1. The highest BCUT2D eigenvalue weighted by molar-refractivity contribution is 5.24. The molecule has 0 spiro atoms. The van der Waals surface area contributed by atoms with Crippen LogP contribution in [0.5, 0.6) is 0 Å². The normalized spacial score (nSPS) is 14.0. The molecule has 0 aliphatic heterocycles. The van der Waals surface area contributed by atoms with Crippen molar-refractivity contribution in [2.75, 3.05) is 6.54 Å². The van der Waals surface area contributed by atoms with E-state index in [0.717, 1.165) is 25.9 Å². The number of nitrogens with zero attached hydrogens (tertiary/aromatic N) is 2. The second-order valence-electron chi connectivity index (χ2n) is 5.43. The molecule has 1 N–H and O–H groups in total. The van der Waals surface area contributed by atoms with Crippen LogP contribution < -0.4 is 5.32 Å². The van der Waals surface area contributed by atoms with Gasteiger partial charge in [-0.2, -0.15) is 5.10 Å². The standard InChI is InChI=1S/C18H27N3/c1-4-13-19-18(17-12-14-20-21(17)6-3)16(5-2)15-10-8-7-9-11-15/h7-12,14,16,18-19H,4-6,13H2,1-3H3. The zero-order valence-electron chi connectivity index (χ0n) is 13.4. The molecule has 2 atom stereocenters. The van der Waals surface area contributed by atoms with E-state index in [1.807, 2.05) is 6.20 Å². The third kappa shape index (κ3) is 3.73. The van der Waals surface area contributed by atoms with Gasteiger partial charge in [0.15, 0.2) is 0 Å². The maximum atomic E-state index is 4.45. The maximum Gasteiger partial charge on any atom is 0.0561 e. The molecule has 0 fully saturated rings. The van der Waals surface area contributed by atoms with E-state index >= 15 is 0 Å². The van der Waals surface area contributed by atoms with Crippen molar-refractivity contribution in [1.29, 1.82) is 0 Å². The lowest BCUT2D eigenvalue weighted by Gasteiger charge is -2.28. The van der Waals surface area contributed by atoms with Crippen LogP contribution in [0.15, 0.2) is 42.6 Å². The van der Waals surface area contributed by atoms with E-state index < -0.39 is 0 Å². The first kappa shape index (κ1) is 15.8. The topological polar surface area (TPSA) is 29.9 Å². The van der Waals surface area contributed by atoms with Gasteiger partial charge in [0.05, 0.1) is 11.7 Å². The molecule has 2 unspecified atom stereocenters. The van der Waals surface area contributed by atoms with Gasteiger partial charge in [0.1, 0.15) is 0 Å². The van der Waals surface area contributed by atoms with Gasteiger partial charge < -0.3 is 5.32 Å². The van der Waals surface area contributed by atoms with Crippen molar-refractivity contribution in [2.45, 2.75) is 52.1 Å². The van der Waals surface area contributed by atoms with Crippen LogP contribution in [0.3, 0.4) is 0 Å². The Kier molecular flexibility index (Phi) is 6.00. The Balaban J connectivity index is 2.34. The third-order valence-corrected chi connectivity index (χ3v) is 4.05. The van der Waals surface area contributed by atoms with Crippen molar-refractivity contribution in [3.8, 4) is 0 Å². The lowest BCUT2D eigenvalue weighted by atomic mass is 9.87. The van der Waals surface area contributed by atoms with E-state index in [0.29, 0.717) is 12.0 Å². The van der Waals surface area contributed by atoms with Gasteiger partial charge in [-0.05, 0) is 37.9 Å². The molecule has 0 aliphatic carbocycles. The molecule has 21 heavy (non-hydrogen) atoms. The summed E-state index contributed by atoms with van der Waals surface area (Å²) in [6, 6.07) is 13.3. The summed E-state index contributed by atoms with van der Waals surface area (Å²) in [5, 5.41) is 8.19. The number of hydrogen-bond donors (Lipinski definition) is 1. The molecule has 0 saturated carbocycles. The van der Waals surface area contributed by atoms with Gasteiger partial charge in [-0.25, -0.2) is 0 Å². The van der Waals surface area contributed by atoms with E-state index in [-0.39, 0.29) is 0 Å². The Morgan fingerprint density at radius 1 is 1.10 bits per heavy atom. The van der Waals surface area contributed by atoms with Gasteiger partial charge in [0, 0.05) is 18.7 Å². The highest BCUT2D eigenvalue weighted by atomic mass is 15.3. The van der Waals surface area contributed by atoms with Gasteiger partial charge in [-0.3, -0.25) is 4.68 Å². The molecule has 114 valence electrons. The fourth-order valence-corrected chi connectivity index (χ4v) is 2.99. The SMILES string of the molecule is CCCNC(c1ccnn1CC)C(CC)c1ccccc1. The van der Waals surface area contributed by atoms with Crippen molar-refractivity contribution in [3.63, 3.8) is 0 Å². The number of hydrogen-bond acceptors (Lipinski definition) is 2. The second kappa shape index (κ2) is 7.99. The summed E-state index contributed by atoms with van der Waals surface area (Å²) >= 11 is 0. The molecule has 0 radical (unpaired) electrons.